The van der Waals surface area contributed by atoms with Crippen molar-refractivity contribution < 1.29 is 4.79 Å². The lowest BCUT2D eigenvalue weighted by atomic mass is 9.85. The van der Waals surface area contributed by atoms with Gasteiger partial charge in [0, 0.05) is 28.7 Å². The van der Waals surface area contributed by atoms with Crippen LogP contribution < -0.4 is 10.9 Å². The molecule has 7 nitrogen and oxygen atoms in total. The van der Waals surface area contributed by atoms with Gasteiger partial charge in [0.05, 0.1) is 5.69 Å². The van der Waals surface area contributed by atoms with Gasteiger partial charge in [0.2, 0.25) is 11.9 Å². The van der Waals surface area contributed by atoms with Crippen LogP contribution in [0.2, 0.25) is 0 Å². The Kier molecular flexibility index (Phi) is 4.26. The maximum absolute atomic E-state index is 12.4. The molecule has 0 saturated heterocycles. The van der Waals surface area contributed by atoms with E-state index in [2.05, 4.69) is 20.4 Å². The highest BCUT2D eigenvalue weighted by Crippen LogP contribution is 2.29. The summed E-state index contributed by atoms with van der Waals surface area (Å²) in [6.45, 7) is 9.66. The molecule has 0 atom stereocenters. The van der Waals surface area contributed by atoms with E-state index in [1.54, 1.807) is 13.8 Å². The van der Waals surface area contributed by atoms with Crippen molar-refractivity contribution in [3.63, 3.8) is 0 Å². The van der Waals surface area contributed by atoms with Crippen molar-refractivity contribution in [2.45, 2.75) is 59.3 Å². The van der Waals surface area contributed by atoms with Crippen LogP contribution in [0, 0.1) is 19.8 Å². The highest BCUT2D eigenvalue weighted by atomic mass is 16.2. The molecule has 1 fully saturated rings. The van der Waals surface area contributed by atoms with Crippen molar-refractivity contribution in [3.8, 4) is 5.95 Å². The van der Waals surface area contributed by atoms with E-state index >= 15 is 0 Å². The zero-order chi connectivity index (χ0) is 18.4. The summed E-state index contributed by atoms with van der Waals surface area (Å²) in [5.74, 6) is 0.910. The number of amides is 1. The van der Waals surface area contributed by atoms with Gasteiger partial charge in [-0.15, -0.1) is 0 Å². The van der Waals surface area contributed by atoms with E-state index in [1.807, 2.05) is 26.8 Å². The van der Waals surface area contributed by atoms with Crippen LogP contribution in [-0.2, 0) is 10.2 Å². The molecule has 134 valence electrons. The summed E-state index contributed by atoms with van der Waals surface area (Å²) in [6, 6.07) is 1.85. The molecular weight excluding hydrogens is 318 g/mol. The second-order valence-electron chi connectivity index (χ2n) is 7.79. The number of hydrogen-bond donors (Lipinski definition) is 2. The summed E-state index contributed by atoms with van der Waals surface area (Å²) in [4.78, 5) is 31.7. The third-order valence-electron chi connectivity index (χ3n) is 4.79. The van der Waals surface area contributed by atoms with Gasteiger partial charge in [-0.1, -0.05) is 27.2 Å². The molecule has 7 heteroatoms. The zero-order valence-electron chi connectivity index (χ0n) is 15.4. The Morgan fingerprint density at radius 3 is 2.52 bits per heavy atom. The van der Waals surface area contributed by atoms with Crippen molar-refractivity contribution in [1.29, 1.82) is 0 Å². The Labute approximate surface area is 146 Å². The number of nitrogens with zero attached hydrogens (tertiary/aromatic N) is 3. The van der Waals surface area contributed by atoms with Crippen LogP contribution in [0.4, 0.5) is 5.82 Å². The number of H-pyrrole nitrogens is 1. The van der Waals surface area contributed by atoms with Gasteiger partial charge in [-0.25, -0.2) is 4.98 Å². The molecule has 2 N–H and O–H groups in total. The van der Waals surface area contributed by atoms with Crippen LogP contribution in [0.3, 0.4) is 0 Å². The lowest BCUT2D eigenvalue weighted by Gasteiger charge is -2.24. The Morgan fingerprint density at radius 2 is 2.00 bits per heavy atom. The fourth-order valence-corrected chi connectivity index (χ4v) is 2.63. The second kappa shape index (κ2) is 6.13. The molecule has 0 aromatic carbocycles. The number of carbonyl (C=O) groups is 1. The molecular formula is C18H25N5O2. The molecule has 2 heterocycles. The molecule has 2 aromatic rings. The zero-order valence-corrected chi connectivity index (χ0v) is 15.4. The topological polar surface area (TPSA) is 92.7 Å². The van der Waals surface area contributed by atoms with Crippen molar-refractivity contribution >= 4 is 11.7 Å². The van der Waals surface area contributed by atoms with Crippen molar-refractivity contribution in [2.75, 3.05) is 5.32 Å². The molecule has 0 aliphatic heterocycles. The van der Waals surface area contributed by atoms with Gasteiger partial charge in [0.25, 0.3) is 5.56 Å². The quantitative estimate of drug-likeness (QED) is 0.896. The molecule has 1 aliphatic rings. The molecule has 1 saturated carbocycles. The normalized spacial score (nSPS) is 15.1. The van der Waals surface area contributed by atoms with Gasteiger partial charge >= 0.3 is 0 Å². The lowest BCUT2D eigenvalue weighted by Crippen LogP contribution is -2.29. The van der Waals surface area contributed by atoms with Gasteiger partial charge in [0.1, 0.15) is 5.82 Å². The SMILES string of the molecule is Cc1nc(-n2nc(C(C)(C)C)cc2NC(=O)C2CCC2)[nH]c(=O)c1C. The summed E-state index contributed by atoms with van der Waals surface area (Å²) >= 11 is 0. The number of nitrogens with one attached hydrogen (secondary N) is 2. The van der Waals surface area contributed by atoms with Crippen molar-refractivity contribution in [2.24, 2.45) is 5.92 Å². The van der Waals surface area contributed by atoms with Gasteiger partial charge in [-0.05, 0) is 26.7 Å². The van der Waals surface area contributed by atoms with Crippen LogP contribution in [0.15, 0.2) is 10.9 Å². The predicted molar refractivity (Wildman–Crippen MR) is 96.1 cm³/mol. The third kappa shape index (κ3) is 3.36. The number of aryl methyl sites for hydroxylation is 1. The van der Waals surface area contributed by atoms with Crippen molar-refractivity contribution in [1.82, 2.24) is 19.7 Å². The van der Waals surface area contributed by atoms with E-state index in [9.17, 15) is 9.59 Å². The van der Waals surface area contributed by atoms with Crippen LogP contribution in [0.1, 0.15) is 57.0 Å². The summed E-state index contributed by atoms with van der Waals surface area (Å²) in [5, 5.41) is 7.55. The Morgan fingerprint density at radius 1 is 1.32 bits per heavy atom. The molecule has 0 spiro atoms. The van der Waals surface area contributed by atoms with E-state index in [1.165, 1.54) is 4.68 Å². The minimum atomic E-state index is -0.202. The van der Waals surface area contributed by atoms with Gasteiger partial charge in [0.15, 0.2) is 0 Å². The van der Waals surface area contributed by atoms with Crippen LogP contribution in [0.5, 0.6) is 0 Å². The summed E-state index contributed by atoms with van der Waals surface area (Å²) in [7, 11) is 0. The second-order valence-corrected chi connectivity index (χ2v) is 7.79. The maximum atomic E-state index is 12.4. The molecule has 2 aromatic heterocycles. The van der Waals surface area contributed by atoms with Crippen LogP contribution >= 0.6 is 0 Å². The smallest absolute Gasteiger partial charge is 0.255 e. The molecule has 1 aliphatic carbocycles. The van der Waals surface area contributed by atoms with Gasteiger partial charge in [-0.2, -0.15) is 9.78 Å². The van der Waals surface area contributed by atoms with E-state index in [4.69, 9.17) is 0 Å². The molecule has 0 radical (unpaired) electrons. The summed E-state index contributed by atoms with van der Waals surface area (Å²) in [5.41, 5.74) is 1.64. The third-order valence-corrected chi connectivity index (χ3v) is 4.79. The Balaban J connectivity index is 2.06. The average Bonchev–Trinajstić information content (AvgIpc) is 2.86. The highest BCUT2D eigenvalue weighted by molar-refractivity contribution is 5.92. The standard InChI is InChI=1S/C18H25N5O2/c1-10-11(2)19-17(21-15(10)24)23-14(9-13(22-23)18(3,4)5)20-16(25)12-7-6-8-12/h9,12H,6-8H2,1-5H3,(H,20,25)(H,19,21,24). The number of aromatic nitrogens is 4. The monoisotopic (exact) mass is 343 g/mol. The number of carbonyl (C=O) groups excluding carboxylic acids is 1. The van der Waals surface area contributed by atoms with E-state index < -0.39 is 0 Å². The molecule has 3 rings (SSSR count). The van der Waals surface area contributed by atoms with Gasteiger partial charge < -0.3 is 5.32 Å². The fraction of sp³-hybridized carbons (Fsp3) is 0.556. The first kappa shape index (κ1) is 17.4. The van der Waals surface area contributed by atoms with Gasteiger partial charge in [-0.3, -0.25) is 14.6 Å². The largest absolute Gasteiger partial charge is 0.310 e. The van der Waals surface area contributed by atoms with Crippen LogP contribution in [0.25, 0.3) is 5.95 Å². The predicted octanol–water partition coefficient (Wildman–Crippen LogP) is 2.61. The first-order chi connectivity index (χ1) is 11.7. The summed E-state index contributed by atoms with van der Waals surface area (Å²) < 4.78 is 1.52. The first-order valence-corrected chi connectivity index (χ1v) is 8.66. The molecule has 0 bridgehead atoms. The molecule has 1 amide bonds. The number of rotatable bonds is 3. The first-order valence-electron chi connectivity index (χ1n) is 8.66. The minimum absolute atomic E-state index is 0.000889. The lowest BCUT2D eigenvalue weighted by molar-refractivity contribution is -0.122. The number of hydrogen-bond acceptors (Lipinski definition) is 4. The Hall–Kier alpha value is -2.44. The fourth-order valence-electron chi connectivity index (χ4n) is 2.63. The minimum Gasteiger partial charge on any atom is -0.310 e. The molecule has 0 unspecified atom stereocenters. The molecule has 25 heavy (non-hydrogen) atoms. The average molecular weight is 343 g/mol. The highest BCUT2D eigenvalue weighted by Gasteiger charge is 2.28. The maximum Gasteiger partial charge on any atom is 0.255 e. The van der Waals surface area contributed by atoms with Crippen molar-refractivity contribution in [3.05, 3.63) is 33.4 Å². The van der Waals surface area contributed by atoms with E-state index in [-0.39, 0.29) is 22.8 Å². The van der Waals surface area contributed by atoms with E-state index in [0.717, 1.165) is 25.0 Å². The number of anilines is 1. The Bertz CT molecular complexity index is 869. The van der Waals surface area contributed by atoms with Crippen LogP contribution in [-0.4, -0.2) is 25.7 Å². The summed E-state index contributed by atoms with van der Waals surface area (Å²) in [6.07, 6.45) is 2.94. The van der Waals surface area contributed by atoms with E-state index in [0.29, 0.717) is 23.0 Å². The number of aromatic amines is 1.